The summed E-state index contributed by atoms with van der Waals surface area (Å²) in [5.41, 5.74) is 3.43. The highest BCUT2D eigenvalue weighted by molar-refractivity contribution is 7.99. The molecule has 1 saturated heterocycles. The van der Waals surface area contributed by atoms with Crippen molar-refractivity contribution in [1.29, 1.82) is 0 Å². The molecule has 4 heteroatoms. The van der Waals surface area contributed by atoms with Crippen molar-refractivity contribution in [2.24, 2.45) is 5.92 Å². The van der Waals surface area contributed by atoms with Crippen molar-refractivity contribution in [2.75, 3.05) is 32.0 Å². The Labute approximate surface area is 173 Å². The number of fused-ring (bicyclic) bond motifs is 1. The van der Waals surface area contributed by atoms with E-state index in [1.807, 2.05) is 25.6 Å². The summed E-state index contributed by atoms with van der Waals surface area (Å²) < 4.78 is 6.08. The summed E-state index contributed by atoms with van der Waals surface area (Å²) in [5.74, 6) is 2.77. The van der Waals surface area contributed by atoms with Crippen LogP contribution < -0.4 is 4.74 Å². The van der Waals surface area contributed by atoms with Gasteiger partial charge in [-0.05, 0) is 87.0 Å². The molecule has 28 heavy (non-hydrogen) atoms. The number of aryl methyl sites for hydroxylation is 1. The third-order valence-corrected chi connectivity index (χ3v) is 6.80. The molecule has 0 saturated carbocycles. The van der Waals surface area contributed by atoms with E-state index in [0.717, 1.165) is 44.8 Å². The lowest BCUT2D eigenvalue weighted by molar-refractivity contribution is 0.0212. The Kier molecular flexibility index (Phi) is 6.00. The number of β-amino-alcohol motifs (C(OH)–C–C–N with tert-alkyl or cyclic N) is 1. The quantitative estimate of drug-likeness (QED) is 0.754. The van der Waals surface area contributed by atoms with Gasteiger partial charge in [-0.2, -0.15) is 0 Å². The highest BCUT2D eigenvalue weighted by Gasteiger charge is 2.24. The molecule has 0 bridgehead atoms. The number of benzene rings is 2. The summed E-state index contributed by atoms with van der Waals surface area (Å²) in [6, 6.07) is 15.4. The first-order chi connectivity index (χ1) is 13.5. The molecule has 0 aromatic heterocycles. The van der Waals surface area contributed by atoms with E-state index in [0.29, 0.717) is 5.92 Å². The Bertz CT molecular complexity index is 789. The van der Waals surface area contributed by atoms with Crippen molar-refractivity contribution in [3.63, 3.8) is 0 Å². The van der Waals surface area contributed by atoms with Gasteiger partial charge in [-0.25, -0.2) is 0 Å². The Balaban J connectivity index is 1.27. The van der Waals surface area contributed by atoms with Gasteiger partial charge in [0, 0.05) is 17.2 Å². The number of nitrogens with zero attached hydrogens (tertiary/aromatic N) is 1. The number of hydrogen-bond donors (Lipinski definition) is 1. The molecule has 0 radical (unpaired) electrons. The van der Waals surface area contributed by atoms with Crippen LogP contribution in [0, 0.1) is 5.92 Å². The van der Waals surface area contributed by atoms with Crippen molar-refractivity contribution in [3.05, 3.63) is 48.0 Å². The van der Waals surface area contributed by atoms with Gasteiger partial charge in [0.2, 0.25) is 0 Å². The normalized spacial score (nSPS) is 18.2. The highest BCUT2D eigenvalue weighted by atomic mass is 32.2. The number of aliphatic hydroxyl groups is 1. The molecule has 1 fully saturated rings. The van der Waals surface area contributed by atoms with Crippen LogP contribution in [0.4, 0.5) is 0 Å². The summed E-state index contributed by atoms with van der Waals surface area (Å²) in [4.78, 5) is 3.80. The minimum atomic E-state index is -0.608. The Hall–Kier alpha value is -1.49. The number of ether oxygens (including phenoxy) is 1. The molecule has 3 nitrogen and oxygen atoms in total. The van der Waals surface area contributed by atoms with Crippen LogP contribution in [0.2, 0.25) is 0 Å². The van der Waals surface area contributed by atoms with Crippen LogP contribution in [0.5, 0.6) is 5.75 Å². The summed E-state index contributed by atoms with van der Waals surface area (Å²) in [6.45, 7) is 7.40. The van der Waals surface area contributed by atoms with Crippen molar-refractivity contribution < 1.29 is 9.84 Å². The lowest BCUT2D eigenvalue weighted by Gasteiger charge is -2.35. The van der Waals surface area contributed by atoms with E-state index >= 15 is 0 Å². The summed E-state index contributed by atoms with van der Waals surface area (Å²) >= 11 is 1.96. The van der Waals surface area contributed by atoms with E-state index in [4.69, 9.17) is 4.74 Å². The van der Waals surface area contributed by atoms with Crippen molar-refractivity contribution in [2.45, 2.75) is 43.6 Å². The van der Waals surface area contributed by atoms with E-state index in [-0.39, 0.29) is 0 Å². The van der Waals surface area contributed by atoms with E-state index in [1.165, 1.54) is 33.8 Å². The lowest BCUT2D eigenvalue weighted by atomic mass is 9.96. The van der Waals surface area contributed by atoms with Gasteiger partial charge in [0.05, 0.1) is 12.2 Å². The second-order valence-electron chi connectivity index (χ2n) is 8.79. The molecule has 0 atom stereocenters. The van der Waals surface area contributed by atoms with Crippen molar-refractivity contribution in [1.82, 2.24) is 4.90 Å². The maximum absolute atomic E-state index is 9.97. The molecule has 2 aromatic rings. The smallest absolute Gasteiger partial charge is 0.119 e. The van der Waals surface area contributed by atoms with Gasteiger partial charge in [0.25, 0.3) is 0 Å². The summed E-state index contributed by atoms with van der Waals surface area (Å²) in [5, 5.41) is 9.97. The SMILES string of the molecule is CC(C)(O)CN1CCC(COc2ccc(-c3ccc4c(c3)CCS4)cc2)CC1. The van der Waals surface area contributed by atoms with Gasteiger partial charge in [-0.3, -0.25) is 0 Å². The van der Waals surface area contributed by atoms with E-state index in [2.05, 4.69) is 47.4 Å². The molecule has 0 aliphatic carbocycles. The Morgan fingerprint density at radius 1 is 1.07 bits per heavy atom. The fourth-order valence-corrected chi connectivity index (χ4v) is 5.23. The summed E-state index contributed by atoms with van der Waals surface area (Å²) in [7, 11) is 0. The zero-order chi connectivity index (χ0) is 19.6. The van der Waals surface area contributed by atoms with Crippen LogP contribution in [0.3, 0.4) is 0 Å². The fraction of sp³-hybridized carbons (Fsp3) is 0.500. The Morgan fingerprint density at radius 2 is 1.79 bits per heavy atom. The molecular weight excluding hydrogens is 366 g/mol. The number of thioether (sulfide) groups is 1. The molecule has 4 rings (SSSR count). The average molecular weight is 398 g/mol. The summed E-state index contributed by atoms with van der Waals surface area (Å²) in [6.07, 6.45) is 3.46. The molecule has 1 N–H and O–H groups in total. The van der Waals surface area contributed by atoms with Crippen LogP contribution in [-0.2, 0) is 6.42 Å². The second kappa shape index (κ2) is 8.48. The third-order valence-electron chi connectivity index (χ3n) is 5.68. The zero-order valence-electron chi connectivity index (χ0n) is 17.0. The van der Waals surface area contributed by atoms with Gasteiger partial charge in [-0.1, -0.05) is 24.3 Å². The second-order valence-corrected chi connectivity index (χ2v) is 9.93. The minimum Gasteiger partial charge on any atom is -0.493 e. The predicted molar refractivity (Wildman–Crippen MR) is 117 cm³/mol. The first-order valence-corrected chi connectivity index (χ1v) is 11.4. The van der Waals surface area contributed by atoms with Gasteiger partial charge in [0.1, 0.15) is 5.75 Å². The van der Waals surface area contributed by atoms with Crippen LogP contribution in [0.25, 0.3) is 11.1 Å². The molecule has 2 aliphatic heterocycles. The largest absolute Gasteiger partial charge is 0.493 e. The molecule has 0 spiro atoms. The molecular formula is C24H31NO2S. The number of hydrogen-bond acceptors (Lipinski definition) is 4. The maximum Gasteiger partial charge on any atom is 0.119 e. The maximum atomic E-state index is 9.97. The van der Waals surface area contributed by atoms with Crippen LogP contribution in [-0.4, -0.2) is 47.6 Å². The van der Waals surface area contributed by atoms with Gasteiger partial charge in [0.15, 0.2) is 0 Å². The standard InChI is InChI=1S/C24H31NO2S/c1-24(2,26)17-25-12-9-18(10-13-25)16-27-22-6-3-19(4-7-22)20-5-8-23-21(15-20)11-14-28-23/h3-8,15,18,26H,9-14,16-17H2,1-2H3. The first-order valence-electron chi connectivity index (χ1n) is 10.4. The molecule has 2 heterocycles. The van der Waals surface area contributed by atoms with Crippen molar-refractivity contribution >= 4 is 11.8 Å². The van der Waals surface area contributed by atoms with Crippen LogP contribution in [0.1, 0.15) is 32.3 Å². The molecule has 2 aliphatic rings. The topological polar surface area (TPSA) is 32.7 Å². The van der Waals surface area contributed by atoms with Gasteiger partial charge < -0.3 is 14.7 Å². The monoisotopic (exact) mass is 397 g/mol. The average Bonchev–Trinajstić information content (AvgIpc) is 3.14. The number of likely N-dealkylation sites (tertiary alicyclic amines) is 1. The molecule has 150 valence electrons. The molecule has 0 unspecified atom stereocenters. The van der Waals surface area contributed by atoms with Crippen LogP contribution >= 0.6 is 11.8 Å². The van der Waals surface area contributed by atoms with Crippen LogP contribution in [0.15, 0.2) is 47.4 Å². The fourth-order valence-electron chi connectivity index (χ4n) is 4.18. The first kappa shape index (κ1) is 19.8. The number of rotatable bonds is 6. The van der Waals surface area contributed by atoms with Gasteiger partial charge in [-0.15, -0.1) is 11.8 Å². The Morgan fingerprint density at radius 3 is 2.50 bits per heavy atom. The predicted octanol–water partition coefficient (Wildman–Crippen LogP) is 4.86. The molecule has 0 amide bonds. The highest BCUT2D eigenvalue weighted by Crippen LogP contribution is 2.34. The zero-order valence-corrected chi connectivity index (χ0v) is 17.8. The van der Waals surface area contributed by atoms with Gasteiger partial charge >= 0.3 is 0 Å². The van der Waals surface area contributed by atoms with E-state index in [1.54, 1.807) is 0 Å². The van der Waals surface area contributed by atoms with E-state index in [9.17, 15) is 5.11 Å². The van der Waals surface area contributed by atoms with Crippen molar-refractivity contribution in [3.8, 4) is 16.9 Å². The minimum absolute atomic E-state index is 0.604. The lowest BCUT2D eigenvalue weighted by Crippen LogP contribution is -2.43. The number of piperidine rings is 1. The molecule has 2 aromatic carbocycles. The third kappa shape index (κ3) is 5.11. The van der Waals surface area contributed by atoms with E-state index < -0.39 is 5.60 Å².